The monoisotopic (exact) mass is 747 g/mol. The lowest BCUT2D eigenvalue weighted by atomic mass is 9.66. The van der Waals surface area contributed by atoms with Crippen molar-refractivity contribution in [3.8, 4) is 0 Å². The van der Waals surface area contributed by atoms with Gasteiger partial charge in [0.1, 0.15) is 17.8 Å². The average Bonchev–Trinajstić information content (AvgIpc) is 3.35. The lowest BCUT2D eigenvalue weighted by Crippen LogP contribution is -2.55. The predicted octanol–water partition coefficient (Wildman–Crippen LogP) is 6.94. The van der Waals surface area contributed by atoms with Crippen molar-refractivity contribution in [2.24, 2.45) is 17.8 Å². The maximum atomic E-state index is 13.5. The average molecular weight is 748 g/mol. The van der Waals surface area contributed by atoms with Crippen LogP contribution in [0.25, 0.3) is 16.6 Å². The van der Waals surface area contributed by atoms with E-state index in [-0.39, 0.29) is 24.2 Å². The molecule has 2 aromatic carbocycles. The number of nitrogens with zero attached hydrogens (tertiary/aromatic N) is 2. The molecule has 2 saturated heterocycles. The molecule has 1 aromatic heterocycles. The van der Waals surface area contributed by atoms with Crippen LogP contribution in [0, 0.1) is 31.6 Å². The Bertz CT molecular complexity index is 1830. The number of amides is 1. The van der Waals surface area contributed by atoms with Gasteiger partial charge in [0.2, 0.25) is 5.91 Å². The third kappa shape index (κ3) is 9.02. The lowest BCUT2D eigenvalue weighted by Gasteiger charge is -2.48. The van der Waals surface area contributed by atoms with Crippen molar-refractivity contribution in [3.05, 3.63) is 88.7 Å². The van der Waals surface area contributed by atoms with Crippen LogP contribution in [0.15, 0.2) is 61.3 Å². The maximum absolute atomic E-state index is 13.5. The number of fused-ring (bicyclic) bond motifs is 12. The van der Waals surface area contributed by atoms with Crippen molar-refractivity contribution < 1.29 is 29.6 Å². The van der Waals surface area contributed by atoms with Gasteiger partial charge in [0.05, 0.1) is 23.5 Å². The minimum atomic E-state index is -1.78. The number of hydrogen-bond acceptors (Lipinski definition) is 7. The molecule has 9 nitrogen and oxygen atoms in total. The number of ether oxygens (including phenoxy) is 1. The molecule has 53 heavy (non-hydrogen) atoms. The molecule has 0 radical (unpaired) electrons. The van der Waals surface area contributed by atoms with E-state index in [0.717, 1.165) is 39.0 Å². The van der Waals surface area contributed by atoms with Gasteiger partial charge in [-0.1, -0.05) is 69.3 Å². The van der Waals surface area contributed by atoms with Crippen LogP contribution in [-0.2, 0) is 20.7 Å². The van der Waals surface area contributed by atoms with Crippen molar-refractivity contribution in [2.45, 2.75) is 110 Å². The van der Waals surface area contributed by atoms with E-state index >= 15 is 0 Å². The van der Waals surface area contributed by atoms with Gasteiger partial charge in [0, 0.05) is 47.1 Å². The van der Waals surface area contributed by atoms with Crippen LogP contribution < -0.4 is 5.32 Å². The van der Waals surface area contributed by atoms with Gasteiger partial charge in [-0.15, -0.1) is 0 Å². The third-order valence-corrected chi connectivity index (χ3v) is 11.7. The molecule has 1 saturated carbocycles. The Morgan fingerprint density at radius 3 is 2.43 bits per heavy atom. The molecule has 2 aliphatic heterocycles. The summed E-state index contributed by atoms with van der Waals surface area (Å²) in [7, 11) is 0. The van der Waals surface area contributed by atoms with E-state index in [1.165, 1.54) is 6.92 Å². The van der Waals surface area contributed by atoms with E-state index in [9.17, 15) is 24.9 Å². The van der Waals surface area contributed by atoms with E-state index in [1.54, 1.807) is 0 Å². The summed E-state index contributed by atoms with van der Waals surface area (Å²) >= 11 is 6.15. The van der Waals surface area contributed by atoms with Crippen LogP contribution in [0.2, 0.25) is 5.02 Å². The number of aliphatic hydroxyl groups is 3. The molecule has 3 fully saturated rings. The molecule has 5 atom stereocenters. The van der Waals surface area contributed by atoms with Gasteiger partial charge in [0.15, 0.2) is 0 Å². The second-order valence-electron chi connectivity index (χ2n) is 16.1. The lowest BCUT2D eigenvalue weighted by molar-refractivity contribution is -0.181. The minimum absolute atomic E-state index is 0.107. The summed E-state index contributed by atoms with van der Waals surface area (Å²) in [5.41, 5.74) is 3.43. The smallest absolute Gasteiger partial charge is 0.309 e. The summed E-state index contributed by atoms with van der Waals surface area (Å²) in [6, 6.07) is 13.8. The zero-order valence-corrected chi connectivity index (χ0v) is 33.0. The molecule has 1 amide bonds. The zero-order valence-electron chi connectivity index (χ0n) is 32.3. The second-order valence-corrected chi connectivity index (χ2v) is 16.5. The highest BCUT2D eigenvalue weighted by molar-refractivity contribution is 6.30. The molecular weight excluding hydrogens is 690 g/mol. The Kier molecular flexibility index (Phi) is 12.5. The largest absolute Gasteiger partial charge is 0.459 e. The van der Waals surface area contributed by atoms with E-state index in [4.69, 9.17) is 16.3 Å². The van der Waals surface area contributed by atoms with E-state index in [1.807, 2.05) is 63.8 Å². The van der Waals surface area contributed by atoms with E-state index in [2.05, 4.69) is 41.2 Å². The summed E-state index contributed by atoms with van der Waals surface area (Å²) in [4.78, 5) is 28.5. The molecule has 6 rings (SSSR count). The van der Waals surface area contributed by atoms with Gasteiger partial charge in [0.25, 0.3) is 0 Å². The fourth-order valence-electron chi connectivity index (χ4n) is 8.63. The van der Waals surface area contributed by atoms with Gasteiger partial charge in [-0.3, -0.25) is 9.59 Å². The van der Waals surface area contributed by atoms with Crippen LogP contribution in [0.1, 0.15) is 88.6 Å². The molecule has 3 aliphatic rings. The quantitative estimate of drug-likeness (QED) is 0.138. The highest BCUT2D eigenvalue weighted by Gasteiger charge is 2.47. The number of halogens is 1. The number of benzene rings is 2. The summed E-state index contributed by atoms with van der Waals surface area (Å²) in [6.07, 6.45) is 1.10. The number of nitrogens with one attached hydrogen (secondary N) is 1. The van der Waals surface area contributed by atoms with Crippen molar-refractivity contribution in [2.75, 3.05) is 19.6 Å². The molecule has 0 spiro atoms. The van der Waals surface area contributed by atoms with Crippen LogP contribution in [0.3, 0.4) is 0 Å². The normalized spacial score (nSPS) is 28.5. The Hall–Kier alpha value is -3.63. The molecular formula is C43H58ClN3O6. The third-order valence-electron chi connectivity index (χ3n) is 11.5. The first kappa shape index (κ1) is 40.6. The minimum Gasteiger partial charge on any atom is -0.459 e. The summed E-state index contributed by atoms with van der Waals surface area (Å²) in [6.45, 7) is 21.2. The van der Waals surface area contributed by atoms with Crippen molar-refractivity contribution in [1.29, 1.82) is 0 Å². The Labute approximate surface area is 319 Å². The topological polar surface area (TPSA) is 124 Å². The first-order valence-corrected chi connectivity index (χ1v) is 19.4. The molecule has 1 aliphatic carbocycles. The fraction of sp³-hybridized carbons (Fsp3) is 0.535. The number of esters is 1. The van der Waals surface area contributed by atoms with Gasteiger partial charge in [-0.05, 0) is 107 Å². The number of hydrogen-bond donors (Lipinski definition) is 4. The highest BCUT2D eigenvalue weighted by Crippen LogP contribution is 2.44. The van der Waals surface area contributed by atoms with Gasteiger partial charge < -0.3 is 34.8 Å². The highest BCUT2D eigenvalue weighted by atomic mass is 35.5. The number of rotatable bonds is 9. The summed E-state index contributed by atoms with van der Waals surface area (Å²) in [5, 5.41) is 39.2. The Morgan fingerprint density at radius 2 is 1.77 bits per heavy atom. The number of aliphatic hydroxyl groups excluding tert-OH is 1. The first-order valence-electron chi connectivity index (χ1n) is 19.0. The summed E-state index contributed by atoms with van der Waals surface area (Å²) in [5.74, 6) is -0.661. The predicted molar refractivity (Wildman–Crippen MR) is 211 cm³/mol. The molecule has 3 aromatic rings. The molecule has 2 bridgehead atoms. The van der Waals surface area contributed by atoms with Crippen molar-refractivity contribution in [1.82, 2.24) is 14.8 Å². The van der Waals surface area contributed by atoms with Gasteiger partial charge in [-0.25, -0.2) is 0 Å². The molecule has 2 unspecified atom stereocenters. The first-order chi connectivity index (χ1) is 24.9. The number of carbonyl (C=O) groups excluding carboxylic acids is 2. The fourth-order valence-corrected chi connectivity index (χ4v) is 8.75. The number of aryl methyl sites for hydroxylation is 1. The van der Waals surface area contributed by atoms with Crippen LogP contribution in [-0.4, -0.2) is 79.7 Å². The van der Waals surface area contributed by atoms with Gasteiger partial charge >= 0.3 is 5.97 Å². The second kappa shape index (κ2) is 16.4. The van der Waals surface area contributed by atoms with Crippen molar-refractivity contribution in [3.63, 3.8) is 0 Å². The Balaban J connectivity index is 1.28. The van der Waals surface area contributed by atoms with Crippen LogP contribution in [0.5, 0.6) is 0 Å². The van der Waals surface area contributed by atoms with Crippen molar-refractivity contribution >= 4 is 40.1 Å². The van der Waals surface area contributed by atoms with Crippen LogP contribution in [0.4, 0.5) is 0 Å². The van der Waals surface area contributed by atoms with Crippen LogP contribution >= 0.6 is 11.6 Å². The summed E-state index contributed by atoms with van der Waals surface area (Å²) < 4.78 is 7.89. The van der Waals surface area contributed by atoms with Gasteiger partial charge in [-0.2, -0.15) is 0 Å². The maximum Gasteiger partial charge on any atom is 0.309 e. The van der Waals surface area contributed by atoms with E-state index < -0.39 is 35.3 Å². The molecule has 3 heterocycles. The Morgan fingerprint density at radius 1 is 1.09 bits per heavy atom. The molecule has 288 valence electrons. The van der Waals surface area contributed by atoms with E-state index in [0.29, 0.717) is 68.9 Å². The molecule has 4 N–H and O–H groups in total. The number of carbonyl (C=O) groups is 2. The number of aromatic nitrogens is 1. The molecule has 10 heteroatoms. The SMILES string of the molecule is C=C1C(O)[C@](C)(O)[C@@H](CC)OC(=O)C(C)C[C@H](C)CC2(O)CC(CN1CCCNC(=O)Cc1c(C)n(C(=C)c3ccc(Cl)cc3)c3ccc(C)cc13)C2. The standard InChI is InChI=1S/C43H58ClN3O6/c1-9-38-42(8,51)40(49)31(7)46(25-32-23-43(52,24-32)22-27(3)19-28(4)41(50)53-38)18-10-17-45-39(48)21-35-30(6)47(37-16-11-26(2)20-36(35)37)29(5)33-12-14-34(44)15-13-33/h11-16,20,27-28,32,38,40,49,51-52H,5,7,9-10,17-19,21-25H2,1-4,6,8H3,(H,45,48)/t27-,28?,32?,38+,40?,42+,43?/m0/s1. The zero-order chi connectivity index (χ0) is 38.8.